The van der Waals surface area contributed by atoms with Gasteiger partial charge in [0.15, 0.2) is 0 Å². The van der Waals surface area contributed by atoms with E-state index in [1.165, 1.54) is 11.3 Å². The summed E-state index contributed by atoms with van der Waals surface area (Å²) >= 11 is 0. The lowest BCUT2D eigenvalue weighted by Gasteiger charge is -2.14. The summed E-state index contributed by atoms with van der Waals surface area (Å²) in [6, 6.07) is 10.1. The number of hydrogen-bond acceptors (Lipinski definition) is 2. The third-order valence-electron chi connectivity index (χ3n) is 4.04. The average Bonchev–Trinajstić information content (AvgIpc) is 2.96. The zero-order chi connectivity index (χ0) is 14.7. The van der Waals surface area contributed by atoms with Crippen molar-refractivity contribution in [2.24, 2.45) is 0 Å². The summed E-state index contributed by atoms with van der Waals surface area (Å²) in [7, 11) is 1.66. The van der Waals surface area contributed by atoms with Crippen LogP contribution in [0.15, 0.2) is 42.5 Å². The highest BCUT2D eigenvalue weighted by Crippen LogP contribution is 2.31. The van der Waals surface area contributed by atoms with Gasteiger partial charge in [0.05, 0.1) is 7.11 Å². The van der Waals surface area contributed by atoms with E-state index in [0.29, 0.717) is 6.42 Å². The Labute approximate surface area is 124 Å². The average molecular weight is 281 g/mol. The Hall–Kier alpha value is -2.29. The Morgan fingerprint density at radius 2 is 2.14 bits per heavy atom. The molecule has 1 N–H and O–H groups in total. The first-order valence-electron chi connectivity index (χ1n) is 7.25. The standard InChI is InChI=1S/C18H19NO2/c1-21-15-7-4-6-13(11-15)16(9-10-20)18-12-14-5-2-3-8-17(14)19-18/h2-4,6-7,10-12,16,19H,5,8-9H2,1H3/t16-/m0/s1. The molecule has 0 radical (unpaired) electrons. The van der Waals surface area contributed by atoms with Crippen LogP contribution in [0.4, 0.5) is 0 Å². The number of allylic oxidation sites excluding steroid dienone is 2. The van der Waals surface area contributed by atoms with Crippen molar-refractivity contribution in [1.29, 1.82) is 0 Å². The number of carbonyl (C=O) groups excluding carboxylic acids is 1. The highest BCUT2D eigenvalue weighted by atomic mass is 16.5. The first-order valence-corrected chi connectivity index (χ1v) is 7.25. The van der Waals surface area contributed by atoms with Crippen LogP contribution in [0.5, 0.6) is 5.75 Å². The van der Waals surface area contributed by atoms with Crippen LogP contribution < -0.4 is 4.74 Å². The van der Waals surface area contributed by atoms with Gasteiger partial charge in [-0.05, 0) is 35.7 Å². The molecule has 108 valence electrons. The summed E-state index contributed by atoms with van der Waals surface area (Å²) in [5.41, 5.74) is 4.83. The molecule has 1 atom stereocenters. The van der Waals surface area contributed by atoms with Gasteiger partial charge in [0, 0.05) is 30.1 Å². The van der Waals surface area contributed by atoms with E-state index < -0.39 is 0 Å². The van der Waals surface area contributed by atoms with Crippen molar-refractivity contribution < 1.29 is 9.53 Å². The minimum atomic E-state index is 0.0585. The lowest BCUT2D eigenvalue weighted by molar-refractivity contribution is -0.108. The predicted octanol–water partition coefficient (Wildman–Crippen LogP) is 3.40. The first kappa shape index (κ1) is 13.7. The Balaban J connectivity index is 1.97. The number of fused-ring (bicyclic) bond motifs is 1. The van der Waals surface area contributed by atoms with Gasteiger partial charge in [0.2, 0.25) is 0 Å². The maximum Gasteiger partial charge on any atom is 0.120 e. The molecule has 0 saturated heterocycles. The lowest BCUT2D eigenvalue weighted by atomic mass is 9.92. The number of ether oxygens (including phenoxy) is 1. The topological polar surface area (TPSA) is 42.1 Å². The smallest absolute Gasteiger partial charge is 0.120 e. The number of hydrogen-bond donors (Lipinski definition) is 1. The number of benzene rings is 1. The van der Waals surface area contributed by atoms with E-state index >= 15 is 0 Å². The number of nitrogens with one attached hydrogen (secondary N) is 1. The molecule has 1 aliphatic carbocycles. The first-order chi connectivity index (χ1) is 10.3. The summed E-state index contributed by atoms with van der Waals surface area (Å²) in [5, 5.41) is 0. The summed E-state index contributed by atoms with van der Waals surface area (Å²) in [6.45, 7) is 0. The molecular formula is C18H19NO2. The number of methoxy groups -OCH3 is 1. The molecule has 1 aliphatic rings. The summed E-state index contributed by atoms with van der Waals surface area (Å²) in [6.07, 6.45) is 7.75. The Kier molecular flexibility index (Phi) is 3.91. The van der Waals surface area contributed by atoms with E-state index in [9.17, 15) is 4.79 Å². The molecule has 2 aromatic rings. The zero-order valence-corrected chi connectivity index (χ0v) is 12.1. The molecule has 3 heteroatoms. The Morgan fingerprint density at radius 1 is 1.29 bits per heavy atom. The van der Waals surface area contributed by atoms with Crippen LogP contribution in [-0.4, -0.2) is 18.4 Å². The second-order valence-corrected chi connectivity index (χ2v) is 5.34. The molecule has 21 heavy (non-hydrogen) atoms. The summed E-state index contributed by atoms with van der Waals surface area (Å²) < 4.78 is 5.29. The summed E-state index contributed by atoms with van der Waals surface area (Å²) in [5.74, 6) is 0.879. The SMILES string of the molecule is COc1cccc([C@H](CC=O)c2cc3c([nH]2)CC=CC3)c1. The van der Waals surface area contributed by atoms with Gasteiger partial charge in [-0.3, -0.25) is 0 Å². The van der Waals surface area contributed by atoms with Gasteiger partial charge in [-0.25, -0.2) is 0 Å². The van der Waals surface area contributed by atoms with Gasteiger partial charge in [-0.1, -0.05) is 24.3 Å². The number of rotatable bonds is 5. The zero-order valence-electron chi connectivity index (χ0n) is 12.1. The number of aromatic amines is 1. The minimum Gasteiger partial charge on any atom is -0.497 e. The molecule has 0 saturated carbocycles. The highest BCUT2D eigenvalue weighted by molar-refractivity contribution is 5.54. The molecule has 3 rings (SSSR count). The molecule has 0 bridgehead atoms. The van der Waals surface area contributed by atoms with E-state index in [2.05, 4.69) is 29.3 Å². The van der Waals surface area contributed by atoms with Crippen LogP contribution in [0.1, 0.15) is 34.9 Å². The van der Waals surface area contributed by atoms with Gasteiger partial charge < -0.3 is 14.5 Å². The molecule has 0 aliphatic heterocycles. The lowest BCUT2D eigenvalue weighted by Crippen LogP contribution is -2.03. The maximum absolute atomic E-state index is 11.1. The van der Waals surface area contributed by atoms with E-state index in [-0.39, 0.29) is 5.92 Å². The van der Waals surface area contributed by atoms with E-state index in [1.807, 2.05) is 18.2 Å². The highest BCUT2D eigenvalue weighted by Gasteiger charge is 2.19. The van der Waals surface area contributed by atoms with Crippen molar-refractivity contribution >= 4 is 6.29 Å². The van der Waals surface area contributed by atoms with Gasteiger partial charge in [0.25, 0.3) is 0 Å². The fraction of sp³-hybridized carbons (Fsp3) is 0.278. The quantitative estimate of drug-likeness (QED) is 0.674. The van der Waals surface area contributed by atoms with Crippen LogP contribution in [0.2, 0.25) is 0 Å². The molecule has 0 amide bonds. The second kappa shape index (κ2) is 6.00. The van der Waals surface area contributed by atoms with Crippen molar-refractivity contribution in [1.82, 2.24) is 4.98 Å². The molecule has 1 aromatic carbocycles. The Morgan fingerprint density at radius 3 is 2.90 bits per heavy atom. The largest absolute Gasteiger partial charge is 0.497 e. The fourth-order valence-corrected chi connectivity index (χ4v) is 2.93. The van der Waals surface area contributed by atoms with Crippen LogP contribution in [0, 0.1) is 0 Å². The number of aldehydes is 1. The normalized spacial score (nSPS) is 14.5. The molecule has 0 spiro atoms. The van der Waals surface area contributed by atoms with Gasteiger partial charge >= 0.3 is 0 Å². The second-order valence-electron chi connectivity index (χ2n) is 5.34. The molecule has 0 fully saturated rings. The van der Waals surface area contributed by atoms with Gasteiger partial charge in [0.1, 0.15) is 12.0 Å². The Bertz CT molecular complexity index is 644. The summed E-state index contributed by atoms with van der Waals surface area (Å²) in [4.78, 5) is 14.6. The monoisotopic (exact) mass is 281 g/mol. The van der Waals surface area contributed by atoms with Crippen LogP contribution >= 0.6 is 0 Å². The van der Waals surface area contributed by atoms with E-state index in [4.69, 9.17) is 4.74 Å². The predicted molar refractivity (Wildman–Crippen MR) is 82.9 cm³/mol. The van der Waals surface area contributed by atoms with E-state index in [1.54, 1.807) is 7.11 Å². The number of carbonyl (C=O) groups is 1. The van der Waals surface area contributed by atoms with Crippen LogP contribution in [-0.2, 0) is 17.6 Å². The molecule has 3 nitrogen and oxygen atoms in total. The van der Waals surface area contributed by atoms with Crippen molar-refractivity contribution in [2.75, 3.05) is 7.11 Å². The van der Waals surface area contributed by atoms with E-state index in [0.717, 1.165) is 36.1 Å². The third-order valence-corrected chi connectivity index (χ3v) is 4.04. The van der Waals surface area contributed by atoms with Crippen LogP contribution in [0.25, 0.3) is 0 Å². The third kappa shape index (κ3) is 2.77. The minimum absolute atomic E-state index is 0.0585. The number of aromatic nitrogens is 1. The van der Waals surface area contributed by atoms with Crippen molar-refractivity contribution in [3.63, 3.8) is 0 Å². The fourth-order valence-electron chi connectivity index (χ4n) is 2.93. The molecule has 0 unspecified atom stereocenters. The number of H-pyrrole nitrogens is 1. The molecule has 1 heterocycles. The van der Waals surface area contributed by atoms with Crippen molar-refractivity contribution in [3.8, 4) is 5.75 Å². The maximum atomic E-state index is 11.1. The molecular weight excluding hydrogens is 262 g/mol. The molecule has 1 aromatic heterocycles. The van der Waals surface area contributed by atoms with Crippen LogP contribution in [0.3, 0.4) is 0 Å². The van der Waals surface area contributed by atoms with Gasteiger partial charge in [-0.2, -0.15) is 0 Å². The van der Waals surface area contributed by atoms with Crippen molar-refractivity contribution in [2.45, 2.75) is 25.2 Å². The van der Waals surface area contributed by atoms with Gasteiger partial charge in [-0.15, -0.1) is 0 Å². The van der Waals surface area contributed by atoms with Crippen molar-refractivity contribution in [3.05, 3.63) is 65.0 Å².